The molecule has 0 amide bonds. The largest absolute Gasteiger partial charge is 0.507 e. The van der Waals surface area contributed by atoms with Crippen LogP contribution in [0.2, 0.25) is 0 Å². The minimum absolute atomic E-state index is 0.0297. The van der Waals surface area contributed by atoms with Gasteiger partial charge in [0.25, 0.3) is 0 Å². The number of benzene rings is 1. The zero-order chi connectivity index (χ0) is 12.6. The molecule has 0 saturated carbocycles. The van der Waals surface area contributed by atoms with Gasteiger partial charge in [0.1, 0.15) is 5.75 Å². The predicted octanol–water partition coefficient (Wildman–Crippen LogP) is 1.48. The Labute approximate surface area is 101 Å². The van der Waals surface area contributed by atoms with E-state index >= 15 is 0 Å². The first-order valence-electron chi connectivity index (χ1n) is 5.85. The van der Waals surface area contributed by atoms with Crippen LogP contribution in [0.4, 0.5) is 0 Å². The van der Waals surface area contributed by atoms with Crippen LogP contribution < -0.4 is 0 Å². The minimum Gasteiger partial charge on any atom is -0.507 e. The molecule has 0 atom stereocenters. The third-order valence-corrected chi connectivity index (χ3v) is 3.61. The average molecular weight is 234 g/mol. The number of hydrogen-bond acceptors (Lipinski definition) is 3. The maximum atomic E-state index is 10.2. The molecule has 0 spiro atoms. The number of aliphatic hydroxyl groups excluding tert-OH is 2. The van der Waals surface area contributed by atoms with E-state index in [-0.39, 0.29) is 19.0 Å². The maximum absolute atomic E-state index is 10.2. The van der Waals surface area contributed by atoms with Crippen molar-refractivity contribution in [3.8, 4) is 5.75 Å². The molecule has 92 valence electrons. The van der Waals surface area contributed by atoms with Gasteiger partial charge in [0.2, 0.25) is 0 Å². The summed E-state index contributed by atoms with van der Waals surface area (Å²) in [6, 6.07) is 0. The van der Waals surface area contributed by atoms with E-state index in [2.05, 4.69) is 0 Å². The van der Waals surface area contributed by atoms with Crippen molar-refractivity contribution in [2.45, 2.75) is 26.7 Å². The number of fused-ring (bicyclic) bond motifs is 1. The molecular weight excluding hydrogens is 216 g/mol. The summed E-state index contributed by atoms with van der Waals surface area (Å²) in [5, 5.41) is 28.4. The number of aromatic hydroxyl groups is 1. The number of phenols is 1. The molecule has 0 heterocycles. The van der Waals surface area contributed by atoms with Crippen molar-refractivity contribution in [3.05, 3.63) is 33.4 Å². The van der Waals surface area contributed by atoms with E-state index in [0.717, 1.165) is 33.4 Å². The quantitative estimate of drug-likeness (QED) is 0.742. The normalized spacial score (nSPS) is 13.8. The Bertz CT molecular complexity index is 487. The third-order valence-electron chi connectivity index (χ3n) is 3.61. The summed E-state index contributed by atoms with van der Waals surface area (Å²) in [6.45, 7) is 4.00. The number of phenolic OH excluding ortho intramolecular Hbond substituents is 1. The van der Waals surface area contributed by atoms with Gasteiger partial charge in [-0.05, 0) is 60.6 Å². The lowest BCUT2D eigenvalue weighted by Crippen LogP contribution is -2.03. The Morgan fingerprint density at radius 2 is 1.88 bits per heavy atom. The highest BCUT2D eigenvalue weighted by atomic mass is 16.3. The van der Waals surface area contributed by atoms with Gasteiger partial charge in [0, 0.05) is 12.2 Å². The van der Waals surface area contributed by atoms with Crippen LogP contribution in [0.5, 0.6) is 5.75 Å². The molecule has 0 unspecified atom stereocenters. The molecule has 0 radical (unpaired) electrons. The van der Waals surface area contributed by atoms with Gasteiger partial charge in [-0.2, -0.15) is 0 Å². The van der Waals surface area contributed by atoms with Crippen LogP contribution in [-0.4, -0.2) is 28.5 Å². The summed E-state index contributed by atoms with van der Waals surface area (Å²) >= 11 is 0. The van der Waals surface area contributed by atoms with Crippen molar-refractivity contribution in [2.75, 3.05) is 13.2 Å². The SMILES string of the molecule is Cc1c(O)c2c(c(C)c1CCO)CC(CO)=C2. The summed E-state index contributed by atoms with van der Waals surface area (Å²) in [4.78, 5) is 0. The topological polar surface area (TPSA) is 60.7 Å². The lowest BCUT2D eigenvalue weighted by Gasteiger charge is -2.16. The van der Waals surface area contributed by atoms with Crippen LogP contribution in [0.1, 0.15) is 27.8 Å². The number of aliphatic hydroxyl groups is 2. The van der Waals surface area contributed by atoms with Gasteiger partial charge in [0.15, 0.2) is 0 Å². The van der Waals surface area contributed by atoms with Crippen LogP contribution >= 0.6 is 0 Å². The lowest BCUT2D eigenvalue weighted by atomic mass is 9.91. The smallest absolute Gasteiger partial charge is 0.126 e. The highest BCUT2D eigenvalue weighted by molar-refractivity contribution is 5.73. The molecule has 0 bridgehead atoms. The Hall–Kier alpha value is -1.32. The van der Waals surface area contributed by atoms with Crippen molar-refractivity contribution < 1.29 is 15.3 Å². The molecule has 0 aromatic heterocycles. The van der Waals surface area contributed by atoms with Gasteiger partial charge in [-0.15, -0.1) is 0 Å². The van der Waals surface area contributed by atoms with E-state index in [0.29, 0.717) is 12.8 Å². The average Bonchev–Trinajstić information content (AvgIpc) is 2.76. The predicted molar refractivity (Wildman–Crippen MR) is 67.1 cm³/mol. The molecule has 3 nitrogen and oxygen atoms in total. The second kappa shape index (κ2) is 4.51. The van der Waals surface area contributed by atoms with Gasteiger partial charge in [0.05, 0.1) is 6.61 Å². The van der Waals surface area contributed by atoms with E-state index in [9.17, 15) is 10.2 Å². The monoisotopic (exact) mass is 234 g/mol. The first-order valence-corrected chi connectivity index (χ1v) is 5.85. The molecule has 3 N–H and O–H groups in total. The third kappa shape index (κ3) is 1.85. The number of rotatable bonds is 3. The van der Waals surface area contributed by atoms with Crippen molar-refractivity contribution in [3.63, 3.8) is 0 Å². The first kappa shape index (κ1) is 12.1. The second-order valence-corrected chi connectivity index (χ2v) is 4.58. The Balaban J connectivity index is 2.59. The van der Waals surface area contributed by atoms with Crippen molar-refractivity contribution >= 4 is 6.08 Å². The molecule has 1 aliphatic rings. The Kier molecular flexibility index (Phi) is 3.22. The molecule has 1 aliphatic carbocycles. The molecule has 0 fully saturated rings. The molecule has 2 rings (SSSR count). The summed E-state index contributed by atoms with van der Waals surface area (Å²) in [5.41, 5.74) is 5.84. The van der Waals surface area contributed by atoms with E-state index in [1.807, 2.05) is 19.9 Å². The highest BCUT2D eigenvalue weighted by Crippen LogP contribution is 2.39. The Morgan fingerprint density at radius 1 is 1.18 bits per heavy atom. The molecular formula is C14H18O3. The molecule has 17 heavy (non-hydrogen) atoms. The van der Waals surface area contributed by atoms with Gasteiger partial charge in [-0.3, -0.25) is 0 Å². The van der Waals surface area contributed by atoms with Crippen molar-refractivity contribution in [1.82, 2.24) is 0 Å². The zero-order valence-corrected chi connectivity index (χ0v) is 10.2. The fourth-order valence-corrected chi connectivity index (χ4v) is 2.61. The van der Waals surface area contributed by atoms with Crippen LogP contribution in [0.3, 0.4) is 0 Å². The van der Waals surface area contributed by atoms with E-state index in [1.54, 1.807) is 0 Å². The standard InChI is InChI=1S/C14H18O3/c1-8-11(3-4-15)9(2)14(17)13-6-10(7-16)5-12(8)13/h6,15-17H,3-5,7H2,1-2H3. The van der Waals surface area contributed by atoms with Gasteiger partial charge in [-0.1, -0.05) is 0 Å². The molecule has 3 heteroatoms. The first-order chi connectivity index (χ1) is 8.10. The summed E-state index contributed by atoms with van der Waals surface area (Å²) in [6.07, 6.45) is 3.13. The molecule has 1 aromatic carbocycles. The van der Waals surface area contributed by atoms with Crippen molar-refractivity contribution in [1.29, 1.82) is 0 Å². The van der Waals surface area contributed by atoms with Gasteiger partial charge in [-0.25, -0.2) is 0 Å². The molecule has 0 saturated heterocycles. The summed E-state index contributed by atoms with van der Waals surface area (Å²) in [7, 11) is 0. The van der Waals surface area contributed by atoms with E-state index < -0.39 is 0 Å². The second-order valence-electron chi connectivity index (χ2n) is 4.58. The van der Waals surface area contributed by atoms with E-state index in [4.69, 9.17) is 5.11 Å². The zero-order valence-electron chi connectivity index (χ0n) is 10.2. The lowest BCUT2D eigenvalue weighted by molar-refractivity contribution is 0.299. The minimum atomic E-state index is 0.0297. The van der Waals surface area contributed by atoms with Crippen LogP contribution in [-0.2, 0) is 12.8 Å². The van der Waals surface area contributed by atoms with Crippen molar-refractivity contribution in [2.24, 2.45) is 0 Å². The fraction of sp³-hybridized carbons (Fsp3) is 0.429. The van der Waals surface area contributed by atoms with Crippen LogP contribution in [0.15, 0.2) is 5.57 Å². The highest BCUT2D eigenvalue weighted by Gasteiger charge is 2.22. The molecule has 0 aliphatic heterocycles. The summed E-state index contributed by atoms with van der Waals surface area (Å²) < 4.78 is 0. The van der Waals surface area contributed by atoms with Gasteiger partial charge < -0.3 is 15.3 Å². The van der Waals surface area contributed by atoms with Crippen LogP contribution in [0.25, 0.3) is 6.08 Å². The number of hydrogen-bond donors (Lipinski definition) is 3. The van der Waals surface area contributed by atoms with Crippen LogP contribution in [0, 0.1) is 13.8 Å². The van der Waals surface area contributed by atoms with E-state index in [1.165, 1.54) is 0 Å². The summed E-state index contributed by atoms with van der Waals surface area (Å²) in [5.74, 6) is 0.289. The fourth-order valence-electron chi connectivity index (χ4n) is 2.61. The van der Waals surface area contributed by atoms with Gasteiger partial charge >= 0.3 is 0 Å². The maximum Gasteiger partial charge on any atom is 0.126 e. The Morgan fingerprint density at radius 3 is 2.47 bits per heavy atom. The molecule has 1 aromatic rings.